The number of likely N-dealkylation sites (tertiary alicyclic amines) is 1. The van der Waals surface area contributed by atoms with Gasteiger partial charge in [-0.25, -0.2) is 0 Å². The van der Waals surface area contributed by atoms with Gasteiger partial charge in [0.15, 0.2) is 0 Å². The Hall–Kier alpha value is -2.82. The molecule has 2 amide bonds. The van der Waals surface area contributed by atoms with Gasteiger partial charge in [0, 0.05) is 26.1 Å². The van der Waals surface area contributed by atoms with Gasteiger partial charge >= 0.3 is 0 Å². The lowest BCUT2D eigenvalue weighted by Gasteiger charge is -2.17. The van der Waals surface area contributed by atoms with Gasteiger partial charge in [-0.2, -0.15) is 0 Å². The zero-order chi connectivity index (χ0) is 18.5. The molecule has 1 unspecified atom stereocenters. The number of hydrogen-bond acceptors (Lipinski definition) is 3. The summed E-state index contributed by atoms with van der Waals surface area (Å²) in [6.45, 7) is 3.52. The van der Waals surface area contributed by atoms with Gasteiger partial charge in [-0.15, -0.1) is 0 Å². The van der Waals surface area contributed by atoms with Crippen molar-refractivity contribution in [2.45, 2.75) is 26.4 Å². The number of hydrogen-bond donors (Lipinski definition) is 1. The molecule has 0 saturated carbocycles. The van der Waals surface area contributed by atoms with Crippen molar-refractivity contribution in [1.29, 1.82) is 0 Å². The zero-order valence-electron chi connectivity index (χ0n) is 15.2. The molecule has 26 heavy (non-hydrogen) atoms. The van der Waals surface area contributed by atoms with Gasteiger partial charge in [0.25, 0.3) is 0 Å². The first-order valence-electron chi connectivity index (χ1n) is 8.79. The van der Waals surface area contributed by atoms with Gasteiger partial charge < -0.3 is 15.0 Å². The summed E-state index contributed by atoms with van der Waals surface area (Å²) in [5.41, 5.74) is 3.28. The van der Waals surface area contributed by atoms with Crippen LogP contribution in [-0.4, -0.2) is 30.4 Å². The van der Waals surface area contributed by atoms with Gasteiger partial charge in [0.2, 0.25) is 11.8 Å². The van der Waals surface area contributed by atoms with Crippen LogP contribution in [0.5, 0.6) is 5.75 Å². The second-order valence-corrected chi connectivity index (χ2v) is 6.73. The predicted octanol–water partition coefficient (Wildman–Crippen LogP) is 2.67. The fourth-order valence-corrected chi connectivity index (χ4v) is 3.09. The van der Waals surface area contributed by atoms with Crippen molar-refractivity contribution < 1.29 is 14.3 Å². The number of aryl methyl sites for hydroxylation is 1. The highest BCUT2D eigenvalue weighted by Gasteiger charge is 2.34. The molecule has 1 aliphatic heterocycles. The van der Waals surface area contributed by atoms with Crippen LogP contribution in [-0.2, 0) is 22.7 Å². The number of carbonyl (C=O) groups excluding carboxylic acids is 2. The first-order valence-corrected chi connectivity index (χ1v) is 8.79. The van der Waals surface area contributed by atoms with Crippen LogP contribution in [0.2, 0.25) is 0 Å². The van der Waals surface area contributed by atoms with Crippen molar-refractivity contribution in [2.75, 3.05) is 13.7 Å². The number of benzene rings is 2. The molecule has 0 aromatic heterocycles. The molecular weight excluding hydrogens is 328 g/mol. The maximum atomic E-state index is 12.4. The third-order valence-corrected chi connectivity index (χ3v) is 4.71. The van der Waals surface area contributed by atoms with E-state index in [-0.39, 0.29) is 24.2 Å². The number of nitrogens with zero attached hydrogens (tertiary/aromatic N) is 1. The van der Waals surface area contributed by atoms with Crippen LogP contribution in [0.25, 0.3) is 0 Å². The topological polar surface area (TPSA) is 58.6 Å². The molecule has 2 aromatic carbocycles. The molecule has 0 spiro atoms. The van der Waals surface area contributed by atoms with Crippen molar-refractivity contribution in [3.63, 3.8) is 0 Å². The quantitative estimate of drug-likeness (QED) is 0.870. The molecule has 1 fully saturated rings. The molecule has 136 valence electrons. The summed E-state index contributed by atoms with van der Waals surface area (Å²) >= 11 is 0. The first-order chi connectivity index (χ1) is 12.5. The molecule has 0 radical (unpaired) electrons. The normalized spacial score (nSPS) is 16.6. The Labute approximate surface area is 154 Å². The molecule has 5 nitrogen and oxygen atoms in total. The van der Waals surface area contributed by atoms with Gasteiger partial charge in [0.1, 0.15) is 5.75 Å². The molecule has 2 aromatic rings. The van der Waals surface area contributed by atoms with E-state index in [0.29, 0.717) is 19.6 Å². The third-order valence-electron chi connectivity index (χ3n) is 4.71. The monoisotopic (exact) mass is 352 g/mol. The minimum atomic E-state index is -0.286. The Morgan fingerprint density at radius 2 is 1.77 bits per heavy atom. The molecular formula is C21H24N2O3. The van der Waals surface area contributed by atoms with Crippen molar-refractivity contribution >= 4 is 11.8 Å². The molecule has 1 atom stereocenters. The molecule has 0 aliphatic carbocycles. The fraction of sp³-hybridized carbons (Fsp3) is 0.333. The second kappa shape index (κ2) is 8.04. The highest BCUT2D eigenvalue weighted by Crippen LogP contribution is 2.21. The Morgan fingerprint density at radius 1 is 1.12 bits per heavy atom. The van der Waals surface area contributed by atoms with Gasteiger partial charge in [-0.05, 0) is 30.2 Å². The number of ether oxygens (including phenoxy) is 1. The summed E-state index contributed by atoms with van der Waals surface area (Å²) in [6.07, 6.45) is 0.278. The average molecular weight is 352 g/mol. The standard InChI is InChI=1S/C21H24N2O3/c1-15-3-5-17(6-4-15)13-23-14-18(11-20(23)24)21(25)22-12-16-7-9-19(26-2)10-8-16/h3-10,18H,11-14H2,1-2H3,(H,22,25). The van der Waals surface area contributed by atoms with Crippen LogP contribution in [0.1, 0.15) is 23.1 Å². The smallest absolute Gasteiger partial charge is 0.225 e. The van der Waals surface area contributed by atoms with E-state index in [4.69, 9.17) is 4.74 Å². The van der Waals surface area contributed by atoms with Gasteiger partial charge in [-0.1, -0.05) is 42.0 Å². The Bertz CT molecular complexity index is 769. The van der Waals surface area contributed by atoms with E-state index in [1.165, 1.54) is 5.56 Å². The SMILES string of the molecule is COc1ccc(CNC(=O)C2CC(=O)N(Cc3ccc(C)cc3)C2)cc1. The lowest BCUT2D eigenvalue weighted by Crippen LogP contribution is -2.32. The third kappa shape index (κ3) is 4.42. The molecule has 0 bridgehead atoms. The largest absolute Gasteiger partial charge is 0.497 e. The number of carbonyl (C=O) groups is 2. The van der Waals surface area contributed by atoms with Crippen LogP contribution in [0.4, 0.5) is 0 Å². The van der Waals surface area contributed by atoms with E-state index >= 15 is 0 Å². The maximum absolute atomic E-state index is 12.4. The van der Waals surface area contributed by atoms with Crippen molar-refractivity contribution in [2.24, 2.45) is 5.92 Å². The van der Waals surface area contributed by atoms with Crippen molar-refractivity contribution in [3.8, 4) is 5.75 Å². The van der Waals surface area contributed by atoms with Gasteiger partial charge in [0.05, 0.1) is 13.0 Å². The molecule has 1 saturated heterocycles. The van der Waals surface area contributed by atoms with Crippen molar-refractivity contribution in [3.05, 3.63) is 65.2 Å². The molecule has 3 rings (SSSR count). The lowest BCUT2D eigenvalue weighted by atomic mass is 10.1. The van der Waals surface area contributed by atoms with E-state index < -0.39 is 0 Å². The lowest BCUT2D eigenvalue weighted by molar-refractivity contribution is -0.129. The first kappa shape index (κ1) is 18.0. The van der Waals surface area contributed by atoms with Crippen LogP contribution in [0.3, 0.4) is 0 Å². The minimum Gasteiger partial charge on any atom is -0.497 e. The zero-order valence-corrected chi connectivity index (χ0v) is 15.2. The van der Waals surface area contributed by atoms with E-state index in [9.17, 15) is 9.59 Å². The Kier molecular flexibility index (Phi) is 5.56. The van der Waals surface area contributed by atoms with E-state index in [0.717, 1.165) is 16.9 Å². The summed E-state index contributed by atoms with van der Waals surface area (Å²) in [6, 6.07) is 15.7. The predicted molar refractivity (Wildman–Crippen MR) is 99.5 cm³/mol. The average Bonchev–Trinajstić information content (AvgIpc) is 3.02. The molecule has 1 heterocycles. The maximum Gasteiger partial charge on any atom is 0.225 e. The molecule has 1 aliphatic rings. The van der Waals surface area contributed by atoms with Crippen LogP contribution < -0.4 is 10.1 Å². The highest BCUT2D eigenvalue weighted by molar-refractivity contribution is 5.89. The number of nitrogens with one attached hydrogen (secondary N) is 1. The van der Waals surface area contributed by atoms with E-state index in [2.05, 4.69) is 5.32 Å². The Morgan fingerprint density at radius 3 is 2.42 bits per heavy atom. The van der Waals surface area contributed by atoms with Gasteiger partial charge in [-0.3, -0.25) is 9.59 Å². The summed E-state index contributed by atoms with van der Waals surface area (Å²) in [5.74, 6) is 0.468. The van der Waals surface area contributed by atoms with Crippen molar-refractivity contribution in [1.82, 2.24) is 10.2 Å². The number of methoxy groups -OCH3 is 1. The fourth-order valence-electron chi connectivity index (χ4n) is 3.09. The molecule has 5 heteroatoms. The van der Waals surface area contributed by atoms with Crippen LogP contribution in [0.15, 0.2) is 48.5 Å². The summed E-state index contributed by atoms with van der Waals surface area (Å²) in [7, 11) is 1.62. The minimum absolute atomic E-state index is 0.0372. The number of amides is 2. The second-order valence-electron chi connectivity index (χ2n) is 6.73. The van der Waals surface area contributed by atoms with E-state index in [1.807, 2.05) is 55.5 Å². The summed E-state index contributed by atoms with van der Waals surface area (Å²) in [5, 5.41) is 2.93. The van der Waals surface area contributed by atoms with E-state index in [1.54, 1.807) is 12.0 Å². The van der Waals surface area contributed by atoms with Crippen LogP contribution >= 0.6 is 0 Å². The summed E-state index contributed by atoms with van der Waals surface area (Å²) in [4.78, 5) is 26.4. The summed E-state index contributed by atoms with van der Waals surface area (Å²) < 4.78 is 5.12. The number of rotatable bonds is 6. The van der Waals surface area contributed by atoms with Crippen LogP contribution in [0, 0.1) is 12.8 Å². The Balaban J connectivity index is 1.52. The molecule has 1 N–H and O–H groups in total. The highest BCUT2D eigenvalue weighted by atomic mass is 16.5.